The van der Waals surface area contributed by atoms with E-state index in [9.17, 15) is 14.4 Å². The molecule has 3 aromatic rings. The smallest absolute Gasteiger partial charge is 0.258 e. The zero-order chi connectivity index (χ0) is 25.9. The minimum Gasteiger partial charge on any atom is -0.289 e. The minimum atomic E-state index is -0.279. The second kappa shape index (κ2) is 13.3. The van der Waals surface area contributed by atoms with Crippen LogP contribution in [0.2, 0.25) is 0 Å². The molecule has 188 valence electrons. The van der Waals surface area contributed by atoms with Crippen LogP contribution in [0.3, 0.4) is 0 Å². The van der Waals surface area contributed by atoms with Crippen LogP contribution in [-0.4, -0.2) is 17.6 Å². The molecule has 0 aliphatic carbocycles. The molecule has 0 aromatic heterocycles. The lowest BCUT2D eigenvalue weighted by atomic mass is 10.0. The van der Waals surface area contributed by atoms with Crippen molar-refractivity contribution >= 4 is 29.4 Å². The molecule has 0 spiro atoms. The third kappa shape index (κ3) is 7.71. The molecule has 0 atom stereocenters. The Balaban J connectivity index is 1.07. The van der Waals surface area contributed by atoms with Crippen molar-refractivity contribution in [1.29, 1.82) is 0 Å². The molecule has 1 aliphatic heterocycles. The van der Waals surface area contributed by atoms with E-state index in [1.54, 1.807) is 6.08 Å². The summed E-state index contributed by atoms with van der Waals surface area (Å²) in [5.41, 5.74) is 4.95. The van der Waals surface area contributed by atoms with E-state index in [0.29, 0.717) is 11.3 Å². The number of unbranched alkanes of at least 4 members (excludes halogenated alkanes) is 5. The van der Waals surface area contributed by atoms with Gasteiger partial charge in [-0.3, -0.25) is 14.4 Å². The molecule has 37 heavy (non-hydrogen) atoms. The number of allylic oxidation sites excluding steroid dienone is 1. The van der Waals surface area contributed by atoms with Gasteiger partial charge >= 0.3 is 0 Å². The number of benzene rings is 3. The lowest BCUT2D eigenvalue weighted by Crippen LogP contribution is -2.29. The van der Waals surface area contributed by atoms with E-state index in [1.807, 2.05) is 60.7 Å². The van der Waals surface area contributed by atoms with Crippen molar-refractivity contribution in [1.82, 2.24) is 0 Å². The molecule has 4 rings (SSSR count). The Kier molecular flexibility index (Phi) is 9.36. The number of imide groups is 1. The van der Waals surface area contributed by atoms with Crippen molar-refractivity contribution in [2.24, 2.45) is 0 Å². The fourth-order valence-electron chi connectivity index (χ4n) is 4.50. The molecule has 0 fully saturated rings. The van der Waals surface area contributed by atoms with Gasteiger partial charge in [0, 0.05) is 17.7 Å². The summed E-state index contributed by atoms with van der Waals surface area (Å²) < 4.78 is 0. The van der Waals surface area contributed by atoms with Crippen LogP contribution in [0, 0.1) is 0 Å². The van der Waals surface area contributed by atoms with Gasteiger partial charge in [0.05, 0.1) is 5.69 Å². The van der Waals surface area contributed by atoms with Crippen LogP contribution >= 0.6 is 0 Å². The first-order valence-electron chi connectivity index (χ1n) is 13.1. The number of amides is 2. The van der Waals surface area contributed by atoms with E-state index in [4.69, 9.17) is 0 Å². The molecule has 1 heterocycles. The zero-order valence-corrected chi connectivity index (χ0v) is 21.1. The van der Waals surface area contributed by atoms with E-state index in [0.717, 1.165) is 24.8 Å². The van der Waals surface area contributed by atoms with Gasteiger partial charge in [-0.2, -0.15) is 0 Å². The predicted molar refractivity (Wildman–Crippen MR) is 149 cm³/mol. The van der Waals surface area contributed by atoms with Crippen LogP contribution in [0.4, 0.5) is 5.69 Å². The van der Waals surface area contributed by atoms with Crippen LogP contribution in [-0.2, 0) is 22.4 Å². The summed E-state index contributed by atoms with van der Waals surface area (Å²) in [6.45, 7) is 0. The average Bonchev–Trinajstić information content (AvgIpc) is 3.27. The summed E-state index contributed by atoms with van der Waals surface area (Å²) in [7, 11) is 0. The van der Waals surface area contributed by atoms with Crippen LogP contribution in [0.15, 0.2) is 97.1 Å². The highest BCUT2D eigenvalue weighted by Crippen LogP contribution is 2.20. The lowest BCUT2D eigenvalue weighted by molar-refractivity contribution is -0.119. The summed E-state index contributed by atoms with van der Waals surface area (Å²) in [4.78, 5) is 36.9. The molecule has 0 bridgehead atoms. The maximum atomic E-state index is 12.2. The average molecular weight is 492 g/mol. The first-order chi connectivity index (χ1) is 18.1. The van der Waals surface area contributed by atoms with Crippen molar-refractivity contribution in [3.63, 3.8) is 0 Å². The van der Waals surface area contributed by atoms with Gasteiger partial charge in [-0.1, -0.05) is 98.5 Å². The molecule has 0 saturated carbocycles. The molecule has 4 nitrogen and oxygen atoms in total. The van der Waals surface area contributed by atoms with E-state index in [-0.39, 0.29) is 17.6 Å². The Morgan fingerprint density at radius 1 is 0.622 bits per heavy atom. The van der Waals surface area contributed by atoms with Crippen molar-refractivity contribution in [2.45, 2.75) is 51.4 Å². The van der Waals surface area contributed by atoms with Gasteiger partial charge < -0.3 is 0 Å². The van der Waals surface area contributed by atoms with Gasteiger partial charge in [0.15, 0.2) is 5.78 Å². The van der Waals surface area contributed by atoms with Crippen molar-refractivity contribution < 1.29 is 14.4 Å². The number of carbonyl (C=O) groups excluding carboxylic acids is 3. The van der Waals surface area contributed by atoms with Gasteiger partial charge in [-0.15, -0.1) is 0 Å². The number of carbonyl (C=O) groups is 3. The van der Waals surface area contributed by atoms with Crippen LogP contribution in [0.25, 0.3) is 6.08 Å². The predicted octanol–water partition coefficient (Wildman–Crippen LogP) is 7.14. The quantitative estimate of drug-likeness (QED) is 0.111. The highest BCUT2D eigenvalue weighted by molar-refractivity contribution is 6.28. The molecular formula is C33H33NO3. The number of aryl methyl sites for hydroxylation is 2. The molecule has 3 aromatic carbocycles. The molecule has 4 heteroatoms. The molecule has 0 unspecified atom stereocenters. The second-order valence-corrected chi connectivity index (χ2v) is 9.44. The van der Waals surface area contributed by atoms with Crippen molar-refractivity contribution in [2.75, 3.05) is 4.90 Å². The van der Waals surface area contributed by atoms with Gasteiger partial charge in [-0.25, -0.2) is 4.90 Å². The fourth-order valence-corrected chi connectivity index (χ4v) is 4.50. The normalized spacial score (nSPS) is 13.1. The van der Waals surface area contributed by atoms with Gasteiger partial charge in [-0.05, 0) is 60.6 Å². The summed E-state index contributed by atoms with van der Waals surface area (Å²) in [5.74, 6) is -0.536. The molecule has 1 aliphatic rings. The van der Waals surface area contributed by atoms with Gasteiger partial charge in [0.25, 0.3) is 11.8 Å². The largest absolute Gasteiger partial charge is 0.289 e. The number of nitrogens with zero attached hydrogens (tertiary/aromatic N) is 1. The zero-order valence-electron chi connectivity index (χ0n) is 21.1. The Bertz CT molecular complexity index is 1240. The Labute approximate surface area is 219 Å². The highest BCUT2D eigenvalue weighted by atomic mass is 16.2. The van der Waals surface area contributed by atoms with Crippen LogP contribution < -0.4 is 4.90 Å². The summed E-state index contributed by atoms with van der Waals surface area (Å²) >= 11 is 0. The Morgan fingerprint density at radius 3 is 1.70 bits per heavy atom. The van der Waals surface area contributed by atoms with E-state index < -0.39 is 0 Å². The van der Waals surface area contributed by atoms with Crippen molar-refractivity contribution in [3.05, 3.63) is 119 Å². The monoisotopic (exact) mass is 491 g/mol. The van der Waals surface area contributed by atoms with Crippen molar-refractivity contribution in [3.8, 4) is 0 Å². The first kappa shape index (κ1) is 26.0. The fraction of sp³-hybridized carbons (Fsp3) is 0.242. The third-order valence-corrected chi connectivity index (χ3v) is 6.65. The molecule has 2 amide bonds. The van der Waals surface area contributed by atoms with E-state index in [1.165, 1.54) is 60.3 Å². The molecule has 0 saturated heterocycles. The lowest BCUT2D eigenvalue weighted by Gasteiger charge is -2.14. The maximum absolute atomic E-state index is 12.2. The SMILES string of the molecule is O=C(/C=C/c1ccc(CCCCCCCCc2ccc(N3C(=O)C=CC3=O)cc2)cc1)c1ccccc1. The third-order valence-electron chi connectivity index (χ3n) is 6.65. The maximum Gasteiger partial charge on any atom is 0.258 e. The summed E-state index contributed by atoms with van der Waals surface area (Å²) in [6.07, 6.45) is 15.5. The summed E-state index contributed by atoms with van der Waals surface area (Å²) in [5, 5.41) is 0. The number of hydrogen-bond donors (Lipinski definition) is 0. The molecule has 0 N–H and O–H groups in total. The standard InChI is InChI=1S/C33H33NO3/c35-31(29-12-8-5-9-13-29)23-20-28-16-14-26(15-17-28)10-6-3-1-2-4-7-11-27-18-21-30(22-19-27)34-32(36)24-25-33(34)37/h5,8-9,12-25H,1-4,6-7,10-11H2/b23-20+. The topological polar surface area (TPSA) is 54.5 Å². The number of anilines is 1. The van der Waals surface area contributed by atoms with Gasteiger partial charge in [0.2, 0.25) is 0 Å². The minimum absolute atomic E-state index is 0.0215. The Morgan fingerprint density at radius 2 is 1.14 bits per heavy atom. The molecular weight excluding hydrogens is 458 g/mol. The number of rotatable bonds is 13. The van der Waals surface area contributed by atoms with E-state index in [2.05, 4.69) is 24.3 Å². The van der Waals surface area contributed by atoms with Crippen LogP contribution in [0.1, 0.15) is 65.6 Å². The highest BCUT2D eigenvalue weighted by Gasteiger charge is 2.24. The number of hydrogen-bond acceptors (Lipinski definition) is 3. The van der Waals surface area contributed by atoms with E-state index >= 15 is 0 Å². The molecule has 0 radical (unpaired) electrons. The summed E-state index contributed by atoms with van der Waals surface area (Å²) in [6, 6.07) is 25.5. The van der Waals surface area contributed by atoms with Crippen LogP contribution in [0.5, 0.6) is 0 Å². The second-order valence-electron chi connectivity index (χ2n) is 9.44. The van der Waals surface area contributed by atoms with Gasteiger partial charge in [0.1, 0.15) is 0 Å². The number of ketones is 1. The Hall–Kier alpha value is -4.05. The first-order valence-corrected chi connectivity index (χ1v) is 13.1.